The van der Waals surface area contributed by atoms with Crippen molar-refractivity contribution in [2.45, 2.75) is 51.6 Å². The zero-order valence-electron chi connectivity index (χ0n) is 13.5. The van der Waals surface area contributed by atoms with Gasteiger partial charge in [-0.15, -0.1) is 0 Å². The minimum absolute atomic E-state index is 0.0716. The predicted molar refractivity (Wildman–Crippen MR) is 83.4 cm³/mol. The van der Waals surface area contributed by atoms with Gasteiger partial charge in [0.15, 0.2) is 0 Å². The average molecular weight is 319 g/mol. The van der Waals surface area contributed by atoms with E-state index in [1.165, 1.54) is 0 Å². The number of hydrogen-bond donors (Lipinski definition) is 1. The lowest BCUT2D eigenvalue weighted by atomic mass is 10.1. The van der Waals surface area contributed by atoms with Gasteiger partial charge in [0.05, 0.1) is 18.8 Å². The Labute approximate surface area is 129 Å². The van der Waals surface area contributed by atoms with Crippen molar-refractivity contribution in [1.29, 1.82) is 0 Å². The number of morpholine rings is 1. The predicted octanol–water partition coefficient (Wildman–Crippen LogP) is 0.806. The fraction of sp³-hybridized carbons (Fsp3) is 1.00. The van der Waals surface area contributed by atoms with Crippen molar-refractivity contribution in [3.05, 3.63) is 0 Å². The van der Waals surface area contributed by atoms with Gasteiger partial charge in [0, 0.05) is 25.7 Å². The van der Waals surface area contributed by atoms with Gasteiger partial charge in [-0.25, -0.2) is 0 Å². The Hall–Kier alpha value is -0.210. The molecule has 0 aromatic rings. The molecule has 2 rings (SSSR count). The normalized spacial score (nSPS) is 28.6. The highest BCUT2D eigenvalue weighted by Gasteiger charge is 2.44. The van der Waals surface area contributed by atoms with E-state index in [0.717, 1.165) is 32.4 Å². The molecule has 0 spiro atoms. The van der Waals surface area contributed by atoms with Gasteiger partial charge < -0.3 is 10.1 Å². The number of likely N-dealkylation sites (N-methyl/N-ethyl adjacent to an activating group) is 1. The molecule has 0 amide bonds. The van der Waals surface area contributed by atoms with E-state index in [1.54, 1.807) is 8.61 Å². The molecule has 21 heavy (non-hydrogen) atoms. The van der Waals surface area contributed by atoms with Gasteiger partial charge in [-0.05, 0) is 33.2 Å². The van der Waals surface area contributed by atoms with Crippen LogP contribution in [0.1, 0.15) is 40.0 Å². The molecule has 1 unspecified atom stereocenters. The van der Waals surface area contributed by atoms with Crippen molar-refractivity contribution < 1.29 is 13.2 Å². The summed E-state index contributed by atoms with van der Waals surface area (Å²) in [5, 5.41) is 3.29. The van der Waals surface area contributed by atoms with Crippen LogP contribution < -0.4 is 5.32 Å². The Bertz CT molecular complexity index is 439. The van der Waals surface area contributed by atoms with Crippen molar-refractivity contribution in [2.75, 3.05) is 39.4 Å². The fourth-order valence-electron chi connectivity index (χ4n) is 3.19. The highest BCUT2D eigenvalue weighted by molar-refractivity contribution is 7.86. The molecule has 0 aromatic carbocycles. The van der Waals surface area contributed by atoms with Crippen molar-refractivity contribution >= 4 is 10.2 Å². The second-order valence-corrected chi connectivity index (χ2v) is 8.32. The van der Waals surface area contributed by atoms with Crippen LogP contribution in [0.15, 0.2) is 0 Å². The number of nitrogens with zero attached hydrogens (tertiary/aromatic N) is 2. The lowest BCUT2D eigenvalue weighted by Crippen LogP contribution is -2.62. The molecule has 1 N–H and O–H groups in total. The van der Waals surface area contributed by atoms with Crippen LogP contribution in [-0.2, 0) is 14.9 Å². The van der Waals surface area contributed by atoms with E-state index in [9.17, 15) is 8.42 Å². The highest BCUT2D eigenvalue weighted by atomic mass is 32.2. The zero-order valence-corrected chi connectivity index (χ0v) is 14.3. The quantitative estimate of drug-likeness (QED) is 0.814. The number of piperidine rings is 1. The van der Waals surface area contributed by atoms with Gasteiger partial charge >= 0.3 is 0 Å². The van der Waals surface area contributed by atoms with Crippen LogP contribution in [0.3, 0.4) is 0 Å². The molecule has 0 bridgehead atoms. The number of ether oxygens (including phenoxy) is 1. The van der Waals surface area contributed by atoms with Gasteiger partial charge in [0.2, 0.25) is 0 Å². The Kier molecular flexibility index (Phi) is 5.65. The van der Waals surface area contributed by atoms with Crippen LogP contribution in [0.25, 0.3) is 0 Å². The van der Waals surface area contributed by atoms with E-state index < -0.39 is 15.7 Å². The standard InChI is InChI=1S/C14H29N3O3S/c1-4-15-11-13-7-5-6-8-16(13)21(18,19)17-9-10-20-12-14(17,2)3/h13,15H,4-12H2,1-3H3. The minimum atomic E-state index is -3.43. The molecule has 7 heteroatoms. The second kappa shape index (κ2) is 6.91. The molecule has 2 saturated heterocycles. The first-order valence-corrected chi connectivity index (χ1v) is 9.37. The minimum Gasteiger partial charge on any atom is -0.378 e. The van der Waals surface area contributed by atoms with Gasteiger partial charge in [0.1, 0.15) is 0 Å². The van der Waals surface area contributed by atoms with Crippen LogP contribution in [0.5, 0.6) is 0 Å². The lowest BCUT2D eigenvalue weighted by molar-refractivity contribution is -0.0118. The lowest BCUT2D eigenvalue weighted by Gasteiger charge is -2.45. The summed E-state index contributed by atoms with van der Waals surface area (Å²) in [4.78, 5) is 0. The molecule has 0 aromatic heterocycles. The maximum atomic E-state index is 13.1. The summed E-state index contributed by atoms with van der Waals surface area (Å²) in [6, 6.07) is 0.0716. The van der Waals surface area contributed by atoms with Crippen molar-refractivity contribution in [3.8, 4) is 0 Å². The smallest absolute Gasteiger partial charge is 0.282 e. The molecule has 2 aliphatic rings. The van der Waals surface area contributed by atoms with Crippen molar-refractivity contribution in [2.24, 2.45) is 0 Å². The number of nitrogens with one attached hydrogen (secondary N) is 1. The first kappa shape index (κ1) is 17.1. The first-order chi connectivity index (χ1) is 9.89. The van der Waals surface area contributed by atoms with E-state index in [0.29, 0.717) is 26.3 Å². The van der Waals surface area contributed by atoms with Crippen LogP contribution in [0, 0.1) is 0 Å². The molecule has 2 heterocycles. The van der Waals surface area contributed by atoms with E-state index in [1.807, 2.05) is 20.8 Å². The molecule has 2 aliphatic heterocycles. The molecule has 0 radical (unpaired) electrons. The molecular formula is C14H29N3O3S. The number of rotatable bonds is 5. The van der Waals surface area contributed by atoms with Crippen molar-refractivity contribution in [1.82, 2.24) is 13.9 Å². The third kappa shape index (κ3) is 3.76. The Morgan fingerprint density at radius 2 is 2.05 bits per heavy atom. The maximum Gasteiger partial charge on any atom is 0.282 e. The van der Waals surface area contributed by atoms with Crippen LogP contribution >= 0.6 is 0 Å². The van der Waals surface area contributed by atoms with Crippen LogP contribution in [0.2, 0.25) is 0 Å². The van der Waals surface area contributed by atoms with Gasteiger partial charge in [-0.3, -0.25) is 0 Å². The largest absolute Gasteiger partial charge is 0.378 e. The molecule has 124 valence electrons. The summed E-state index contributed by atoms with van der Waals surface area (Å²) in [5.74, 6) is 0. The van der Waals surface area contributed by atoms with Crippen LogP contribution in [-0.4, -0.2) is 68.0 Å². The summed E-state index contributed by atoms with van der Waals surface area (Å²) in [6.45, 7) is 9.54. The summed E-state index contributed by atoms with van der Waals surface area (Å²) in [7, 11) is -3.43. The van der Waals surface area contributed by atoms with Crippen LogP contribution in [0.4, 0.5) is 0 Å². The monoisotopic (exact) mass is 319 g/mol. The Morgan fingerprint density at radius 1 is 1.29 bits per heavy atom. The molecule has 2 fully saturated rings. The maximum absolute atomic E-state index is 13.1. The third-order valence-electron chi connectivity index (χ3n) is 4.35. The molecular weight excluding hydrogens is 290 g/mol. The zero-order chi connectivity index (χ0) is 15.5. The summed E-state index contributed by atoms with van der Waals surface area (Å²) in [5.41, 5.74) is -0.475. The van der Waals surface area contributed by atoms with Gasteiger partial charge in [-0.1, -0.05) is 13.3 Å². The van der Waals surface area contributed by atoms with E-state index in [4.69, 9.17) is 4.74 Å². The molecule has 6 nitrogen and oxygen atoms in total. The van der Waals surface area contributed by atoms with E-state index in [-0.39, 0.29) is 6.04 Å². The second-order valence-electron chi connectivity index (χ2n) is 6.51. The summed E-state index contributed by atoms with van der Waals surface area (Å²) < 4.78 is 35.0. The Balaban J connectivity index is 2.19. The van der Waals surface area contributed by atoms with Gasteiger partial charge in [0.25, 0.3) is 10.2 Å². The SMILES string of the molecule is CCNCC1CCCCN1S(=O)(=O)N1CCOCC1(C)C. The van der Waals surface area contributed by atoms with E-state index >= 15 is 0 Å². The third-order valence-corrected chi connectivity index (χ3v) is 6.65. The topological polar surface area (TPSA) is 61.9 Å². The fourth-order valence-corrected chi connectivity index (χ4v) is 5.34. The van der Waals surface area contributed by atoms with Gasteiger partial charge in [-0.2, -0.15) is 17.0 Å². The Morgan fingerprint density at radius 3 is 2.71 bits per heavy atom. The first-order valence-electron chi connectivity index (χ1n) is 7.97. The summed E-state index contributed by atoms with van der Waals surface area (Å²) >= 11 is 0. The average Bonchev–Trinajstić information content (AvgIpc) is 2.44. The highest BCUT2D eigenvalue weighted by Crippen LogP contribution is 2.29. The molecule has 0 saturated carbocycles. The molecule has 0 aliphatic carbocycles. The van der Waals surface area contributed by atoms with Crippen molar-refractivity contribution in [3.63, 3.8) is 0 Å². The summed E-state index contributed by atoms with van der Waals surface area (Å²) in [6.07, 6.45) is 3.00. The number of hydrogen-bond acceptors (Lipinski definition) is 4. The molecule has 1 atom stereocenters. The van der Waals surface area contributed by atoms with E-state index in [2.05, 4.69) is 5.32 Å².